The first kappa shape index (κ1) is 18.7. The first-order valence-corrected chi connectivity index (χ1v) is 9.36. The largest absolute Gasteiger partial charge is 0.497 e. The van der Waals surface area contributed by atoms with E-state index in [4.69, 9.17) is 4.74 Å². The highest BCUT2D eigenvalue weighted by molar-refractivity contribution is 6.04. The van der Waals surface area contributed by atoms with Crippen molar-refractivity contribution in [3.63, 3.8) is 0 Å². The van der Waals surface area contributed by atoms with Crippen LogP contribution in [0.25, 0.3) is 11.1 Å². The van der Waals surface area contributed by atoms with Gasteiger partial charge in [0.1, 0.15) is 17.6 Å². The number of methoxy groups -OCH3 is 1. The predicted octanol–water partition coefficient (Wildman–Crippen LogP) is 3.70. The van der Waals surface area contributed by atoms with Crippen molar-refractivity contribution in [3.05, 3.63) is 59.8 Å². The third-order valence-electron chi connectivity index (χ3n) is 5.06. The van der Waals surface area contributed by atoms with E-state index in [2.05, 4.69) is 15.7 Å². The van der Waals surface area contributed by atoms with E-state index in [1.165, 1.54) is 0 Å². The average molecular weight is 390 g/mol. The van der Waals surface area contributed by atoms with E-state index < -0.39 is 6.04 Å². The highest BCUT2D eigenvalue weighted by Gasteiger charge is 2.35. The molecule has 29 heavy (non-hydrogen) atoms. The fourth-order valence-corrected chi connectivity index (χ4v) is 3.46. The van der Waals surface area contributed by atoms with Gasteiger partial charge in [0.05, 0.1) is 19.7 Å². The summed E-state index contributed by atoms with van der Waals surface area (Å²) in [6, 6.07) is 12.7. The van der Waals surface area contributed by atoms with Crippen molar-refractivity contribution in [1.82, 2.24) is 9.78 Å². The first-order valence-electron chi connectivity index (χ1n) is 9.36. The van der Waals surface area contributed by atoms with Gasteiger partial charge in [-0.15, -0.1) is 0 Å². The summed E-state index contributed by atoms with van der Waals surface area (Å²) in [5.74, 6) is 0.836. The fraction of sp³-hybridized carbons (Fsp3) is 0.227. The summed E-state index contributed by atoms with van der Waals surface area (Å²) >= 11 is 0. The Kier molecular flexibility index (Phi) is 4.80. The van der Waals surface area contributed by atoms with Gasteiger partial charge in [-0.05, 0) is 48.7 Å². The lowest BCUT2D eigenvalue weighted by atomic mass is 10.1. The maximum Gasteiger partial charge on any atom is 0.251 e. The van der Waals surface area contributed by atoms with Gasteiger partial charge in [-0.25, -0.2) is 4.68 Å². The number of benzene rings is 2. The van der Waals surface area contributed by atoms with E-state index in [9.17, 15) is 9.59 Å². The van der Waals surface area contributed by atoms with Crippen molar-refractivity contribution < 1.29 is 14.3 Å². The number of carbonyl (C=O) groups excluding carboxylic acids is 2. The monoisotopic (exact) mass is 390 g/mol. The van der Waals surface area contributed by atoms with Crippen LogP contribution in [0.2, 0.25) is 0 Å². The molecule has 2 amide bonds. The minimum absolute atomic E-state index is 0.00540. The molecule has 0 radical (unpaired) electrons. The van der Waals surface area contributed by atoms with E-state index in [-0.39, 0.29) is 18.2 Å². The second kappa shape index (κ2) is 7.43. The first-order chi connectivity index (χ1) is 14.0. The van der Waals surface area contributed by atoms with Gasteiger partial charge in [0.2, 0.25) is 5.91 Å². The Morgan fingerprint density at radius 3 is 2.86 bits per heavy atom. The molecule has 1 unspecified atom stereocenters. The minimum Gasteiger partial charge on any atom is -0.497 e. The number of ether oxygens (including phenoxy) is 1. The molecule has 0 fully saturated rings. The van der Waals surface area contributed by atoms with Gasteiger partial charge in [0.25, 0.3) is 5.91 Å². The third kappa shape index (κ3) is 3.59. The number of carbonyl (C=O) groups is 2. The second-order valence-electron chi connectivity index (χ2n) is 7.16. The van der Waals surface area contributed by atoms with Gasteiger partial charge in [-0.3, -0.25) is 9.59 Å². The van der Waals surface area contributed by atoms with Crippen molar-refractivity contribution in [1.29, 1.82) is 0 Å². The molecular formula is C22H22N4O3. The molecule has 0 aliphatic carbocycles. The van der Waals surface area contributed by atoms with E-state index in [1.54, 1.807) is 18.0 Å². The Balaban J connectivity index is 1.55. The summed E-state index contributed by atoms with van der Waals surface area (Å²) in [6.45, 7) is 3.90. The van der Waals surface area contributed by atoms with E-state index >= 15 is 0 Å². The molecule has 2 heterocycles. The molecule has 3 aromatic rings. The van der Waals surface area contributed by atoms with E-state index in [0.29, 0.717) is 5.82 Å². The number of amides is 2. The van der Waals surface area contributed by atoms with Crippen LogP contribution in [0.5, 0.6) is 5.75 Å². The molecule has 1 aromatic heterocycles. The number of nitrogens with one attached hydrogen (secondary N) is 2. The van der Waals surface area contributed by atoms with E-state index in [1.807, 2.05) is 56.3 Å². The van der Waals surface area contributed by atoms with Crippen molar-refractivity contribution in [2.75, 3.05) is 17.7 Å². The molecular weight excluding hydrogens is 368 g/mol. The number of anilines is 2. The zero-order valence-corrected chi connectivity index (χ0v) is 16.5. The SMILES string of the molecule is COc1cccc(-c2cnn3c2NC(=O)C3CC(=O)Nc2cc(C)ccc2C)c1. The van der Waals surface area contributed by atoms with Crippen LogP contribution in [0.15, 0.2) is 48.7 Å². The van der Waals surface area contributed by atoms with Crippen LogP contribution >= 0.6 is 0 Å². The Morgan fingerprint density at radius 1 is 1.24 bits per heavy atom. The molecule has 0 saturated heterocycles. The molecule has 148 valence electrons. The standard InChI is InChI=1S/C22H22N4O3/c1-13-7-8-14(2)18(9-13)24-20(27)11-19-22(28)25-21-17(12-23-26(19)21)15-5-4-6-16(10-15)29-3/h4-10,12,19H,11H2,1-3H3,(H,24,27)(H,25,28). The van der Waals surface area contributed by atoms with Crippen molar-refractivity contribution in [2.45, 2.75) is 26.3 Å². The highest BCUT2D eigenvalue weighted by atomic mass is 16.5. The summed E-state index contributed by atoms with van der Waals surface area (Å²) in [6.07, 6.45) is 1.70. The fourth-order valence-electron chi connectivity index (χ4n) is 3.46. The Bertz CT molecular complexity index is 1100. The zero-order valence-electron chi connectivity index (χ0n) is 16.5. The Labute approximate surface area is 168 Å². The second-order valence-corrected chi connectivity index (χ2v) is 7.16. The molecule has 1 aliphatic rings. The normalized spacial score (nSPS) is 15.0. The Hall–Kier alpha value is -3.61. The summed E-state index contributed by atoms with van der Waals surface area (Å²) in [5, 5.41) is 10.1. The van der Waals surface area contributed by atoms with Crippen molar-refractivity contribution in [2.24, 2.45) is 0 Å². The van der Waals surface area contributed by atoms with Gasteiger partial charge in [0.15, 0.2) is 0 Å². The predicted molar refractivity (Wildman–Crippen MR) is 111 cm³/mol. The number of aromatic nitrogens is 2. The van der Waals surface area contributed by atoms with Gasteiger partial charge in [-0.1, -0.05) is 24.3 Å². The van der Waals surface area contributed by atoms with Gasteiger partial charge in [-0.2, -0.15) is 5.10 Å². The van der Waals surface area contributed by atoms with E-state index in [0.717, 1.165) is 33.7 Å². The molecule has 4 rings (SSSR count). The lowest BCUT2D eigenvalue weighted by Crippen LogP contribution is -2.23. The maximum atomic E-state index is 12.6. The topological polar surface area (TPSA) is 85.2 Å². The number of nitrogens with zero attached hydrogens (tertiary/aromatic N) is 2. The highest BCUT2D eigenvalue weighted by Crippen LogP contribution is 2.36. The molecule has 1 aliphatic heterocycles. The molecule has 7 heteroatoms. The lowest BCUT2D eigenvalue weighted by Gasteiger charge is -2.12. The summed E-state index contributed by atoms with van der Waals surface area (Å²) in [4.78, 5) is 25.1. The smallest absolute Gasteiger partial charge is 0.251 e. The van der Waals surface area contributed by atoms with Gasteiger partial charge < -0.3 is 15.4 Å². The molecule has 2 N–H and O–H groups in total. The van der Waals surface area contributed by atoms with Crippen LogP contribution in [0, 0.1) is 13.8 Å². The third-order valence-corrected chi connectivity index (χ3v) is 5.06. The van der Waals surface area contributed by atoms with Crippen LogP contribution in [0.4, 0.5) is 11.5 Å². The number of hydrogen-bond donors (Lipinski definition) is 2. The number of rotatable bonds is 5. The quantitative estimate of drug-likeness (QED) is 0.696. The minimum atomic E-state index is -0.686. The van der Waals surface area contributed by atoms with Crippen LogP contribution < -0.4 is 15.4 Å². The van der Waals surface area contributed by atoms with Crippen LogP contribution in [-0.4, -0.2) is 28.7 Å². The average Bonchev–Trinajstić information content (AvgIpc) is 3.24. The lowest BCUT2D eigenvalue weighted by molar-refractivity contribution is -0.123. The number of fused-ring (bicyclic) bond motifs is 1. The summed E-state index contributed by atoms with van der Waals surface area (Å²) in [5.41, 5.74) is 4.45. The maximum absolute atomic E-state index is 12.6. The van der Waals surface area contributed by atoms with Gasteiger partial charge in [0, 0.05) is 11.3 Å². The zero-order chi connectivity index (χ0) is 20.5. The molecule has 2 aromatic carbocycles. The molecule has 1 atom stereocenters. The molecule has 0 saturated carbocycles. The molecule has 7 nitrogen and oxygen atoms in total. The molecule has 0 bridgehead atoms. The van der Waals surface area contributed by atoms with Crippen LogP contribution in [-0.2, 0) is 9.59 Å². The van der Waals surface area contributed by atoms with Crippen molar-refractivity contribution >= 4 is 23.3 Å². The van der Waals surface area contributed by atoms with Crippen LogP contribution in [0.1, 0.15) is 23.6 Å². The Morgan fingerprint density at radius 2 is 2.07 bits per heavy atom. The number of hydrogen-bond acceptors (Lipinski definition) is 4. The summed E-state index contributed by atoms with van der Waals surface area (Å²) < 4.78 is 6.86. The van der Waals surface area contributed by atoms with Crippen LogP contribution in [0.3, 0.4) is 0 Å². The van der Waals surface area contributed by atoms with Crippen molar-refractivity contribution in [3.8, 4) is 16.9 Å². The summed E-state index contributed by atoms with van der Waals surface area (Å²) in [7, 11) is 1.61. The number of aryl methyl sites for hydroxylation is 2. The molecule has 0 spiro atoms. The van der Waals surface area contributed by atoms with Gasteiger partial charge >= 0.3 is 0 Å².